The summed E-state index contributed by atoms with van der Waals surface area (Å²) < 4.78 is 28.2. The Kier molecular flexibility index (Phi) is 6.94. The minimum atomic E-state index is -0.503. The van der Waals surface area contributed by atoms with E-state index in [1.165, 1.54) is 6.08 Å². The van der Waals surface area contributed by atoms with Crippen molar-refractivity contribution in [1.82, 2.24) is 10.3 Å². The zero-order valence-corrected chi connectivity index (χ0v) is 21.6. The summed E-state index contributed by atoms with van der Waals surface area (Å²) >= 11 is 0. The molecule has 4 heterocycles. The van der Waals surface area contributed by atoms with E-state index in [1.54, 1.807) is 24.4 Å². The molecule has 6 rings (SSSR count). The molecule has 0 saturated heterocycles. The van der Waals surface area contributed by atoms with Crippen LogP contribution in [0.3, 0.4) is 0 Å². The van der Waals surface area contributed by atoms with Crippen LogP contribution >= 0.6 is 0 Å². The standard InChI is InChI=1S/C29H26N4O7/c1-17-21(20-3-2-4-24(28(20)39-17)40-19-6-7-23-25(12-19)38-16-37-23)14-30-15-36-27(35)8-5-18-11-22-29(32-13-18)33-26(34)9-10-31-22/h2-8,11-13,30-31H,9-10,14-16H2,1H3,(H,32,33,34)/b8-5+. The van der Waals surface area contributed by atoms with E-state index in [1.807, 2.05) is 37.3 Å². The second kappa shape index (κ2) is 11.0. The minimum absolute atomic E-state index is 0.0126. The van der Waals surface area contributed by atoms with E-state index in [-0.39, 0.29) is 19.4 Å². The van der Waals surface area contributed by atoms with Crippen molar-refractivity contribution in [2.45, 2.75) is 19.9 Å². The number of aromatic nitrogens is 1. The summed E-state index contributed by atoms with van der Waals surface area (Å²) in [7, 11) is 0. The number of hydrogen-bond donors (Lipinski definition) is 3. The van der Waals surface area contributed by atoms with Gasteiger partial charge in [-0.1, -0.05) is 12.1 Å². The number of carbonyl (C=O) groups excluding carboxylic acids is 2. The number of amides is 1. The Morgan fingerprint density at radius 1 is 1.18 bits per heavy atom. The molecule has 11 nitrogen and oxygen atoms in total. The molecule has 0 spiro atoms. The second-order valence-corrected chi connectivity index (χ2v) is 9.14. The fourth-order valence-corrected chi connectivity index (χ4v) is 4.45. The first-order valence-corrected chi connectivity index (χ1v) is 12.7. The molecule has 0 fully saturated rings. The van der Waals surface area contributed by atoms with Crippen molar-refractivity contribution in [3.05, 3.63) is 71.6 Å². The topological polar surface area (TPSA) is 133 Å². The van der Waals surface area contributed by atoms with Gasteiger partial charge in [0.05, 0.1) is 5.69 Å². The summed E-state index contributed by atoms with van der Waals surface area (Å²) in [6.07, 6.45) is 4.88. The SMILES string of the molecule is Cc1oc2c(Oc3ccc4c(c3)OCO4)cccc2c1CNCOC(=O)/C=C/c1cnc2c(c1)NCCC(=O)N2. The van der Waals surface area contributed by atoms with Crippen LogP contribution in [0.25, 0.3) is 17.0 Å². The molecule has 204 valence electrons. The molecule has 0 radical (unpaired) electrons. The van der Waals surface area contributed by atoms with Crippen molar-refractivity contribution in [2.24, 2.45) is 0 Å². The van der Waals surface area contributed by atoms with Gasteiger partial charge in [0.1, 0.15) is 18.2 Å². The Balaban J connectivity index is 1.05. The predicted octanol–water partition coefficient (Wildman–Crippen LogP) is 4.72. The van der Waals surface area contributed by atoms with Crippen LogP contribution in [-0.4, -0.2) is 36.9 Å². The Hall–Kier alpha value is -5.03. The van der Waals surface area contributed by atoms with Gasteiger partial charge in [0, 0.05) is 48.8 Å². The van der Waals surface area contributed by atoms with Crippen molar-refractivity contribution in [3.8, 4) is 23.0 Å². The maximum absolute atomic E-state index is 12.2. The number of hydrogen-bond acceptors (Lipinski definition) is 10. The van der Waals surface area contributed by atoms with Crippen LogP contribution in [0.2, 0.25) is 0 Å². The second-order valence-electron chi connectivity index (χ2n) is 9.14. The zero-order valence-electron chi connectivity index (χ0n) is 21.6. The Morgan fingerprint density at radius 3 is 3.00 bits per heavy atom. The van der Waals surface area contributed by atoms with Gasteiger partial charge in [-0.15, -0.1) is 0 Å². The number of pyridine rings is 1. The van der Waals surface area contributed by atoms with E-state index in [4.69, 9.17) is 23.4 Å². The fourth-order valence-electron chi connectivity index (χ4n) is 4.45. The lowest BCUT2D eigenvalue weighted by Gasteiger charge is -2.08. The van der Waals surface area contributed by atoms with Crippen molar-refractivity contribution >= 4 is 40.4 Å². The highest BCUT2D eigenvalue weighted by atomic mass is 16.7. The first kappa shape index (κ1) is 25.3. The molecule has 2 aliphatic heterocycles. The summed E-state index contributed by atoms with van der Waals surface area (Å²) in [6.45, 7) is 3.03. The van der Waals surface area contributed by atoms with E-state index >= 15 is 0 Å². The number of benzene rings is 2. The molecule has 2 aromatic heterocycles. The Bertz CT molecular complexity index is 1630. The van der Waals surface area contributed by atoms with Crippen molar-refractivity contribution in [3.63, 3.8) is 0 Å². The molecule has 2 aromatic carbocycles. The number of para-hydroxylation sites is 1. The summed E-state index contributed by atoms with van der Waals surface area (Å²) in [4.78, 5) is 28.1. The Labute approximate surface area is 229 Å². The summed E-state index contributed by atoms with van der Waals surface area (Å²) in [5, 5.41) is 9.91. The average Bonchev–Trinajstić information content (AvgIpc) is 3.49. The highest BCUT2D eigenvalue weighted by molar-refractivity contribution is 5.95. The quantitative estimate of drug-likeness (QED) is 0.124. The molecule has 4 aromatic rings. The maximum Gasteiger partial charge on any atom is 0.332 e. The average molecular weight is 543 g/mol. The van der Waals surface area contributed by atoms with Gasteiger partial charge in [0.25, 0.3) is 0 Å². The van der Waals surface area contributed by atoms with E-state index in [2.05, 4.69) is 20.9 Å². The molecular formula is C29H26N4O7. The Morgan fingerprint density at radius 2 is 2.08 bits per heavy atom. The van der Waals surface area contributed by atoms with Gasteiger partial charge in [-0.2, -0.15) is 0 Å². The number of fused-ring (bicyclic) bond motifs is 3. The lowest BCUT2D eigenvalue weighted by Crippen LogP contribution is -2.19. The molecule has 0 atom stereocenters. The van der Waals surface area contributed by atoms with Gasteiger partial charge in [-0.05, 0) is 42.8 Å². The summed E-state index contributed by atoms with van der Waals surface area (Å²) in [6, 6.07) is 12.9. The number of rotatable bonds is 8. The van der Waals surface area contributed by atoms with E-state index in [0.717, 1.165) is 16.7 Å². The van der Waals surface area contributed by atoms with Crippen LogP contribution in [0, 0.1) is 6.92 Å². The van der Waals surface area contributed by atoms with Crippen LogP contribution < -0.4 is 30.2 Å². The van der Waals surface area contributed by atoms with Crippen LogP contribution in [0.1, 0.15) is 23.3 Å². The van der Waals surface area contributed by atoms with Gasteiger partial charge in [0.15, 0.2) is 28.6 Å². The minimum Gasteiger partial charge on any atom is -0.457 e. The third-order valence-corrected chi connectivity index (χ3v) is 6.42. The molecule has 0 unspecified atom stereocenters. The molecule has 1 amide bonds. The third kappa shape index (κ3) is 5.40. The van der Waals surface area contributed by atoms with Gasteiger partial charge in [-0.3, -0.25) is 10.1 Å². The molecule has 0 saturated carbocycles. The molecule has 11 heteroatoms. The van der Waals surface area contributed by atoms with Crippen molar-refractivity contribution in [2.75, 3.05) is 30.7 Å². The number of aryl methyl sites for hydroxylation is 1. The van der Waals surface area contributed by atoms with E-state index in [0.29, 0.717) is 65.2 Å². The van der Waals surface area contributed by atoms with Gasteiger partial charge >= 0.3 is 5.97 Å². The smallest absolute Gasteiger partial charge is 0.332 e. The number of nitrogens with zero attached hydrogens (tertiary/aromatic N) is 1. The summed E-state index contributed by atoms with van der Waals surface area (Å²) in [5.74, 6) is 3.11. The van der Waals surface area contributed by atoms with Crippen LogP contribution in [0.15, 0.2) is 59.2 Å². The number of ether oxygens (including phenoxy) is 4. The normalized spacial score (nSPS) is 14.0. The number of furan rings is 1. The first-order valence-electron chi connectivity index (χ1n) is 12.7. The monoisotopic (exact) mass is 542 g/mol. The molecule has 0 aliphatic carbocycles. The van der Waals surface area contributed by atoms with Crippen molar-refractivity contribution < 1.29 is 33.0 Å². The zero-order chi connectivity index (χ0) is 27.5. The largest absolute Gasteiger partial charge is 0.457 e. The fraction of sp³-hybridized carbons (Fsp3) is 0.207. The van der Waals surface area contributed by atoms with Crippen molar-refractivity contribution in [1.29, 1.82) is 0 Å². The van der Waals surface area contributed by atoms with Crippen LogP contribution in [0.4, 0.5) is 11.5 Å². The first-order chi connectivity index (χ1) is 19.5. The van der Waals surface area contributed by atoms with Crippen LogP contribution in [0.5, 0.6) is 23.0 Å². The molecular weight excluding hydrogens is 516 g/mol. The third-order valence-electron chi connectivity index (χ3n) is 6.42. The van der Waals surface area contributed by atoms with Gasteiger partial charge in [0.2, 0.25) is 12.7 Å². The highest BCUT2D eigenvalue weighted by Crippen LogP contribution is 2.39. The van der Waals surface area contributed by atoms with Gasteiger partial charge in [-0.25, -0.2) is 9.78 Å². The maximum atomic E-state index is 12.2. The molecule has 0 bridgehead atoms. The number of nitrogens with one attached hydrogen (secondary N) is 3. The molecule has 3 N–H and O–H groups in total. The molecule has 2 aliphatic rings. The van der Waals surface area contributed by atoms with E-state index < -0.39 is 5.97 Å². The summed E-state index contributed by atoms with van der Waals surface area (Å²) in [5.41, 5.74) is 2.97. The number of carbonyl (C=O) groups is 2. The lowest BCUT2D eigenvalue weighted by molar-refractivity contribution is -0.138. The predicted molar refractivity (Wildman–Crippen MR) is 146 cm³/mol. The lowest BCUT2D eigenvalue weighted by atomic mass is 10.1. The molecule has 40 heavy (non-hydrogen) atoms. The van der Waals surface area contributed by atoms with E-state index in [9.17, 15) is 9.59 Å². The van der Waals surface area contributed by atoms with Crippen LogP contribution in [-0.2, 0) is 20.9 Å². The number of esters is 1. The van der Waals surface area contributed by atoms with Gasteiger partial charge < -0.3 is 34.0 Å². The number of anilines is 2. The highest BCUT2D eigenvalue weighted by Gasteiger charge is 2.18.